The van der Waals surface area contributed by atoms with Crippen molar-refractivity contribution < 1.29 is 4.39 Å². The van der Waals surface area contributed by atoms with Crippen LogP contribution in [0.2, 0.25) is 0 Å². The topological polar surface area (TPSA) is 33.5 Å². The lowest BCUT2D eigenvalue weighted by Gasteiger charge is -2.45. The molecule has 4 nitrogen and oxygen atoms in total. The van der Waals surface area contributed by atoms with E-state index in [1.165, 1.54) is 37.8 Å². The first-order chi connectivity index (χ1) is 12.1. The van der Waals surface area contributed by atoms with Crippen LogP contribution in [0.25, 0.3) is 0 Å². The van der Waals surface area contributed by atoms with Crippen LogP contribution in [0.15, 0.2) is 18.2 Å². The predicted octanol–water partition coefficient (Wildman–Crippen LogP) is 2.44. The molecule has 1 aromatic rings. The maximum absolute atomic E-state index is 13.5. The molecule has 0 saturated carbocycles. The molecule has 0 aromatic heterocycles. The molecule has 3 aliphatic heterocycles. The number of benzene rings is 1. The van der Waals surface area contributed by atoms with Crippen LogP contribution in [-0.2, 0) is 6.54 Å². The molecule has 3 saturated heterocycles. The molecule has 2 bridgehead atoms. The Morgan fingerprint density at radius 2 is 1.76 bits per heavy atom. The second-order valence-corrected chi connectivity index (χ2v) is 7.90. The first-order valence-corrected chi connectivity index (χ1v) is 9.51. The molecule has 5 heteroatoms. The normalized spacial score (nSPS) is 31.2. The third kappa shape index (κ3) is 3.44. The first-order valence-electron chi connectivity index (χ1n) is 9.51. The SMILES string of the molecule is CN1C2CCC1CC(N1CCN(Cc3cc(F)ccc3C#N)CC1)C2. The van der Waals surface area contributed by atoms with Crippen LogP contribution in [0.1, 0.15) is 36.8 Å². The molecular weight excluding hydrogens is 315 g/mol. The van der Waals surface area contributed by atoms with Crippen molar-refractivity contribution in [3.05, 3.63) is 35.1 Å². The average Bonchev–Trinajstić information content (AvgIpc) is 2.83. The van der Waals surface area contributed by atoms with Gasteiger partial charge in [0.25, 0.3) is 0 Å². The van der Waals surface area contributed by atoms with Crippen LogP contribution in [0.5, 0.6) is 0 Å². The van der Waals surface area contributed by atoms with E-state index in [9.17, 15) is 9.65 Å². The van der Waals surface area contributed by atoms with E-state index in [2.05, 4.69) is 27.8 Å². The average molecular weight is 342 g/mol. The van der Waals surface area contributed by atoms with Crippen molar-refractivity contribution in [2.75, 3.05) is 33.2 Å². The fourth-order valence-corrected chi connectivity index (χ4v) is 5.01. The number of piperazine rings is 1. The second-order valence-electron chi connectivity index (χ2n) is 7.90. The summed E-state index contributed by atoms with van der Waals surface area (Å²) in [5, 5.41) is 9.22. The summed E-state index contributed by atoms with van der Waals surface area (Å²) in [4.78, 5) is 7.63. The minimum Gasteiger partial charge on any atom is -0.300 e. The molecule has 1 aromatic carbocycles. The summed E-state index contributed by atoms with van der Waals surface area (Å²) >= 11 is 0. The fraction of sp³-hybridized carbons (Fsp3) is 0.650. The number of hydrogen-bond donors (Lipinski definition) is 0. The lowest BCUT2D eigenvalue weighted by Crippen LogP contribution is -2.54. The molecule has 2 unspecified atom stereocenters. The Balaban J connectivity index is 1.33. The number of halogens is 1. The quantitative estimate of drug-likeness (QED) is 0.845. The van der Waals surface area contributed by atoms with Crippen molar-refractivity contribution in [2.24, 2.45) is 0 Å². The summed E-state index contributed by atoms with van der Waals surface area (Å²) < 4.78 is 13.5. The molecule has 134 valence electrons. The summed E-state index contributed by atoms with van der Waals surface area (Å²) in [6.45, 7) is 4.86. The van der Waals surface area contributed by atoms with E-state index >= 15 is 0 Å². The van der Waals surface area contributed by atoms with Gasteiger partial charge in [0.1, 0.15) is 5.82 Å². The van der Waals surface area contributed by atoms with Gasteiger partial charge in [-0.3, -0.25) is 9.80 Å². The van der Waals surface area contributed by atoms with E-state index in [0.717, 1.165) is 49.9 Å². The highest BCUT2D eigenvalue weighted by molar-refractivity contribution is 5.37. The number of rotatable bonds is 3. The van der Waals surface area contributed by atoms with Crippen LogP contribution in [0.3, 0.4) is 0 Å². The largest absolute Gasteiger partial charge is 0.300 e. The zero-order chi connectivity index (χ0) is 17.4. The highest BCUT2D eigenvalue weighted by Crippen LogP contribution is 2.36. The van der Waals surface area contributed by atoms with E-state index in [-0.39, 0.29) is 5.82 Å². The molecule has 3 heterocycles. The Kier molecular flexibility index (Phi) is 4.77. The van der Waals surface area contributed by atoms with E-state index in [1.807, 2.05) is 0 Å². The highest BCUT2D eigenvalue weighted by Gasteiger charge is 2.40. The van der Waals surface area contributed by atoms with Gasteiger partial charge >= 0.3 is 0 Å². The van der Waals surface area contributed by atoms with Crippen LogP contribution in [0.4, 0.5) is 4.39 Å². The van der Waals surface area contributed by atoms with Crippen molar-refractivity contribution >= 4 is 0 Å². The summed E-state index contributed by atoms with van der Waals surface area (Å²) in [7, 11) is 2.29. The van der Waals surface area contributed by atoms with Gasteiger partial charge in [0, 0.05) is 50.8 Å². The van der Waals surface area contributed by atoms with Crippen LogP contribution in [0, 0.1) is 17.1 Å². The molecule has 0 N–H and O–H groups in total. The Bertz CT molecular complexity index is 648. The van der Waals surface area contributed by atoms with Gasteiger partial charge in [0.05, 0.1) is 11.6 Å². The maximum Gasteiger partial charge on any atom is 0.123 e. The van der Waals surface area contributed by atoms with Gasteiger partial charge in [-0.05, 0) is 56.5 Å². The summed E-state index contributed by atoms with van der Waals surface area (Å²) in [6, 6.07) is 8.97. The highest BCUT2D eigenvalue weighted by atomic mass is 19.1. The zero-order valence-corrected chi connectivity index (χ0v) is 15.0. The van der Waals surface area contributed by atoms with Crippen LogP contribution in [-0.4, -0.2) is 66.1 Å². The number of piperidine rings is 1. The van der Waals surface area contributed by atoms with Crippen LogP contribution < -0.4 is 0 Å². The minimum absolute atomic E-state index is 0.255. The lowest BCUT2D eigenvalue weighted by atomic mass is 9.96. The van der Waals surface area contributed by atoms with Gasteiger partial charge in [0.15, 0.2) is 0 Å². The molecule has 2 atom stereocenters. The zero-order valence-electron chi connectivity index (χ0n) is 15.0. The van der Waals surface area contributed by atoms with E-state index in [1.54, 1.807) is 6.07 Å². The van der Waals surface area contributed by atoms with Gasteiger partial charge in [-0.1, -0.05) is 0 Å². The predicted molar refractivity (Wildman–Crippen MR) is 95.6 cm³/mol. The molecule has 3 fully saturated rings. The Morgan fingerprint density at radius 1 is 1.08 bits per heavy atom. The van der Waals surface area contributed by atoms with Crippen LogP contribution >= 0.6 is 0 Å². The molecular formula is C20H27FN4. The minimum atomic E-state index is -0.255. The summed E-state index contributed by atoms with van der Waals surface area (Å²) in [5.41, 5.74) is 1.41. The Labute approximate surface area is 149 Å². The van der Waals surface area contributed by atoms with Gasteiger partial charge in [-0.15, -0.1) is 0 Å². The van der Waals surface area contributed by atoms with Crippen molar-refractivity contribution in [1.82, 2.24) is 14.7 Å². The number of nitriles is 1. The van der Waals surface area contributed by atoms with Crippen molar-refractivity contribution in [2.45, 2.75) is 50.4 Å². The Hall–Kier alpha value is -1.48. The lowest BCUT2D eigenvalue weighted by molar-refractivity contribution is 0.0379. The number of fused-ring (bicyclic) bond motifs is 2. The molecule has 0 radical (unpaired) electrons. The Morgan fingerprint density at radius 3 is 2.40 bits per heavy atom. The molecule has 0 aliphatic carbocycles. The first kappa shape index (κ1) is 17.0. The van der Waals surface area contributed by atoms with Gasteiger partial charge in [-0.25, -0.2) is 4.39 Å². The summed E-state index contributed by atoms with van der Waals surface area (Å²) in [5.74, 6) is -0.255. The van der Waals surface area contributed by atoms with E-state index in [4.69, 9.17) is 0 Å². The van der Waals surface area contributed by atoms with Gasteiger partial charge in [0.2, 0.25) is 0 Å². The molecule has 3 aliphatic rings. The number of nitrogens with zero attached hydrogens (tertiary/aromatic N) is 4. The van der Waals surface area contributed by atoms with E-state index in [0.29, 0.717) is 12.1 Å². The molecule has 0 spiro atoms. The third-order valence-electron chi connectivity index (χ3n) is 6.58. The smallest absolute Gasteiger partial charge is 0.123 e. The molecule has 25 heavy (non-hydrogen) atoms. The third-order valence-corrected chi connectivity index (χ3v) is 6.58. The standard InChI is InChI=1S/C20H27FN4/c1-23-18-4-5-19(23)12-20(11-18)25-8-6-24(7-9-25)14-16-10-17(21)3-2-15(16)13-22/h2-3,10,18-20H,4-9,11-12,14H2,1H3. The fourth-order valence-electron chi connectivity index (χ4n) is 5.01. The monoisotopic (exact) mass is 342 g/mol. The second kappa shape index (κ2) is 7.03. The van der Waals surface area contributed by atoms with Crippen molar-refractivity contribution in [1.29, 1.82) is 5.26 Å². The molecule has 0 amide bonds. The summed E-state index contributed by atoms with van der Waals surface area (Å²) in [6.07, 6.45) is 5.37. The van der Waals surface area contributed by atoms with Gasteiger partial charge in [-0.2, -0.15) is 5.26 Å². The number of hydrogen-bond acceptors (Lipinski definition) is 4. The van der Waals surface area contributed by atoms with Crippen molar-refractivity contribution in [3.8, 4) is 6.07 Å². The van der Waals surface area contributed by atoms with Crippen molar-refractivity contribution in [3.63, 3.8) is 0 Å². The molecule has 4 rings (SSSR count). The van der Waals surface area contributed by atoms with E-state index < -0.39 is 0 Å². The maximum atomic E-state index is 13.5. The van der Waals surface area contributed by atoms with Gasteiger partial charge < -0.3 is 4.90 Å².